The van der Waals surface area contributed by atoms with Crippen LogP contribution in [0.25, 0.3) is 0 Å². The molecular formula is C5H14N2O4S. The van der Waals surface area contributed by atoms with Gasteiger partial charge in [0, 0.05) is 20.6 Å². The first-order chi connectivity index (χ1) is 5.33. The maximum Gasteiger partial charge on any atom is 0.266 e. The van der Waals surface area contributed by atoms with Crippen LogP contribution in [0, 0.1) is 0 Å². The van der Waals surface area contributed by atoms with Crippen LogP contribution in [-0.2, 0) is 14.9 Å². The van der Waals surface area contributed by atoms with E-state index in [1.807, 2.05) is 0 Å². The molecule has 0 heterocycles. The molecule has 6 nitrogen and oxygen atoms in total. The van der Waals surface area contributed by atoms with E-state index in [1.54, 1.807) is 14.1 Å². The number of nitrogens with zero attached hydrogens (tertiary/aromatic N) is 1. The molecule has 0 aromatic rings. The van der Waals surface area contributed by atoms with E-state index in [1.165, 1.54) is 4.90 Å². The van der Waals surface area contributed by atoms with Crippen LogP contribution in [0.2, 0.25) is 0 Å². The zero-order chi connectivity index (χ0) is 10.2. The quantitative estimate of drug-likeness (QED) is 0.426. The highest BCUT2D eigenvalue weighted by Gasteiger charge is 1.98. The number of carbonyl (C=O) groups excluding carboxylic acids is 1. The molecule has 0 bridgehead atoms. The Morgan fingerprint density at radius 1 is 1.50 bits per heavy atom. The summed E-state index contributed by atoms with van der Waals surface area (Å²) in [6.45, 7) is -0.0289. The van der Waals surface area contributed by atoms with Crippen molar-refractivity contribution >= 4 is 16.5 Å². The van der Waals surface area contributed by atoms with Gasteiger partial charge in [-0.25, -0.2) is 0 Å². The lowest BCUT2D eigenvalue weighted by molar-refractivity contribution is -0.115. The van der Waals surface area contributed by atoms with Crippen molar-refractivity contribution in [2.24, 2.45) is 5.73 Å². The minimum atomic E-state index is -3.80. The lowest BCUT2D eigenvalue weighted by Gasteiger charge is -1.93. The van der Waals surface area contributed by atoms with Crippen molar-refractivity contribution in [3.8, 4) is 0 Å². The molecule has 0 aromatic heterocycles. The molecule has 0 spiro atoms. The van der Waals surface area contributed by atoms with Gasteiger partial charge in [0.25, 0.3) is 10.1 Å². The lowest BCUT2D eigenvalue weighted by Crippen LogP contribution is -2.13. The first-order valence-corrected chi connectivity index (χ1v) is 4.71. The molecule has 0 fully saturated rings. The Balaban J connectivity index is 0. The zero-order valence-electron chi connectivity index (χ0n) is 7.10. The molecule has 0 radical (unpaired) electrons. The molecular weight excluding hydrogens is 184 g/mol. The van der Waals surface area contributed by atoms with Crippen molar-refractivity contribution in [2.45, 2.75) is 0 Å². The van der Waals surface area contributed by atoms with Crippen molar-refractivity contribution in [2.75, 3.05) is 26.4 Å². The van der Waals surface area contributed by atoms with Crippen LogP contribution in [0.4, 0.5) is 0 Å². The van der Waals surface area contributed by atoms with E-state index in [9.17, 15) is 13.2 Å². The Kier molecular flexibility index (Phi) is 8.12. The summed E-state index contributed by atoms with van der Waals surface area (Å²) in [5.74, 6) is -0.354. The zero-order valence-corrected chi connectivity index (χ0v) is 7.91. The minimum Gasteiger partial charge on any atom is -0.351 e. The van der Waals surface area contributed by atoms with E-state index in [0.29, 0.717) is 0 Å². The molecule has 1 amide bonds. The van der Waals surface area contributed by atoms with Crippen molar-refractivity contribution in [3.05, 3.63) is 0 Å². The van der Waals surface area contributed by atoms with Crippen LogP contribution in [0.1, 0.15) is 0 Å². The van der Waals surface area contributed by atoms with E-state index >= 15 is 0 Å². The van der Waals surface area contributed by atoms with Gasteiger partial charge in [0.15, 0.2) is 0 Å². The van der Waals surface area contributed by atoms with Gasteiger partial charge in [-0.1, -0.05) is 0 Å². The fraction of sp³-hybridized carbons (Fsp3) is 0.800. The first kappa shape index (κ1) is 13.9. The summed E-state index contributed by atoms with van der Waals surface area (Å²) in [6, 6.07) is 0. The highest BCUT2D eigenvalue weighted by atomic mass is 32.2. The summed E-state index contributed by atoms with van der Waals surface area (Å²) in [6.07, 6.45) is 0.750. The van der Waals surface area contributed by atoms with Crippen LogP contribution in [0.5, 0.6) is 0 Å². The Hall–Kier alpha value is -0.660. The fourth-order valence-corrected chi connectivity index (χ4v) is 0.447. The molecule has 0 aliphatic heterocycles. The summed E-state index contributed by atoms with van der Waals surface area (Å²) in [5, 5.41) is 0. The Bertz CT molecular complexity index is 199. The molecule has 74 valence electrons. The molecule has 0 atom stereocenters. The molecule has 0 aliphatic rings. The molecule has 3 N–H and O–H groups in total. The second kappa shape index (κ2) is 7.01. The van der Waals surface area contributed by atoms with E-state index in [4.69, 9.17) is 10.3 Å². The van der Waals surface area contributed by atoms with Crippen LogP contribution in [0.15, 0.2) is 0 Å². The lowest BCUT2D eigenvalue weighted by atomic mass is 10.8. The standard InChI is InChI=1S/C3H7NO.C2H7NO3S/c1-4(2)3-5;3-1-2-7(4,5)6/h3H,1-2H3;1-3H2,(H,4,5,6). The van der Waals surface area contributed by atoms with Gasteiger partial charge in [-0.2, -0.15) is 8.42 Å². The van der Waals surface area contributed by atoms with Gasteiger partial charge in [-0.05, 0) is 0 Å². The molecule has 0 unspecified atom stereocenters. The number of nitrogens with two attached hydrogens (primary N) is 1. The van der Waals surface area contributed by atoms with Crippen LogP contribution >= 0.6 is 0 Å². The Morgan fingerprint density at radius 2 is 1.83 bits per heavy atom. The average molecular weight is 198 g/mol. The highest BCUT2D eigenvalue weighted by molar-refractivity contribution is 7.85. The van der Waals surface area contributed by atoms with Gasteiger partial charge in [0.1, 0.15) is 0 Å². The third-order valence-corrected chi connectivity index (χ3v) is 1.34. The van der Waals surface area contributed by atoms with Crippen molar-refractivity contribution < 1.29 is 17.8 Å². The van der Waals surface area contributed by atoms with Gasteiger partial charge in [-0.15, -0.1) is 0 Å². The largest absolute Gasteiger partial charge is 0.351 e. The van der Waals surface area contributed by atoms with E-state index in [2.05, 4.69) is 0 Å². The van der Waals surface area contributed by atoms with E-state index in [-0.39, 0.29) is 12.3 Å². The summed E-state index contributed by atoms with van der Waals surface area (Å²) in [7, 11) is -0.424. The van der Waals surface area contributed by atoms with Gasteiger partial charge in [0.2, 0.25) is 6.41 Å². The highest BCUT2D eigenvalue weighted by Crippen LogP contribution is 1.74. The van der Waals surface area contributed by atoms with Crippen molar-refractivity contribution in [1.29, 1.82) is 0 Å². The summed E-state index contributed by atoms with van der Waals surface area (Å²) in [5.41, 5.74) is 4.78. The molecule has 7 heteroatoms. The van der Waals surface area contributed by atoms with Gasteiger partial charge < -0.3 is 10.6 Å². The van der Waals surface area contributed by atoms with Crippen molar-refractivity contribution in [1.82, 2.24) is 4.90 Å². The van der Waals surface area contributed by atoms with Crippen LogP contribution in [0.3, 0.4) is 0 Å². The monoisotopic (exact) mass is 198 g/mol. The van der Waals surface area contributed by atoms with Crippen LogP contribution in [-0.4, -0.2) is 50.7 Å². The molecule has 0 saturated carbocycles. The maximum atomic E-state index is 9.71. The molecule has 12 heavy (non-hydrogen) atoms. The number of amides is 1. The maximum absolute atomic E-state index is 9.71. The number of hydrogen-bond donors (Lipinski definition) is 2. The first-order valence-electron chi connectivity index (χ1n) is 3.10. The topological polar surface area (TPSA) is 101 Å². The molecule has 0 aliphatic carbocycles. The summed E-state index contributed by atoms with van der Waals surface area (Å²) in [4.78, 5) is 10.9. The number of carbonyl (C=O) groups is 1. The normalized spacial score (nSPS) is 9.67. The van der Waals surface area contributed by atoms with E-state index in [0.717, 1.165) is 6.41 Å². The second-order valence-electron chi connectivity index (χ2n) is 2.14. The van der Waals surface area contributed by atoms with Crippen LogP contribution < -0.4 is 5.73 Å². The average Bonchev–Trinajstić information content (AvgIpc) is 1.86. The van der Waals surface area contributed by atoms with Gasteiger partial charge >= 0.3 is 0 Å². The Labute approximate surface area is 72.1 Å². The summed E-state index contributed by atoms with van der Waals surface area (Å²) >= 11 is 0. The summed E-state index contributed by atoms with van der Waals surface area (Å²) < 4.78 is 27.3. The van der Waals surface area contributed by atoms with Gasteiger partial charge in [0.05, 0.1) is 5.75 Å². The third kappa shape index (κ3) is 22.8. The predicted octanol–water partition coefficient (Wildman–Crippen LogP) is -1.46. The third-order valence-electron chi connectivity index (χ3n) is 0.587. The number of hydrogen-bond acceptors (Lipinski definition) is 4. The second-order valence-corrected chi connectivity index (χ2v) is 3.72. The van der Waals surface area contributed by atoms with Gasteiger partial charge in [-0.3, -0.25) is 9.35 Å². The molecule has 0 rings (SSSR count). The molecule has 0 saturated heterocycles. The molecule has 0 aromatic carbocycles. The van der Waals surface area contributed by atoms with Crippen molar-refractivity contribution in [3.63, 3.8) is 0 Å². The Morgan fingerprint density at radius 3 is 1.83 bits per heavy atom. The predicted molar refractivity (Wildman–Crippen MR) is 45.2 cm³/mol. The fourth-order valence-electron chi connectivity index (χ4n) is 0.149. The smallest absolute Gasteiger partial charge is 0.266 e. The van der Waals surface area contributed by atoms with E-state index < -0.39 is 10.1 Å². The minimum absolute atomic E-state index is 0.0289. The number of rotatable bonds is 3. The SMILES string of the molecule is CN(C)C=O.NCCS(=O)(=O)O.